The van der Waals surface area contributed by atoms with Gasteiger partial charge >= 0.3 is 0 Å². The lowest BCUT2D eigenvalue weighted by atomic mass is 9.64. The first-order valence-corrected chi connectivity index (χ1v) is 42.8. The highest BCUT2D eigenvalue weighted by atomic mass is 14.5. The molecule has 0 spiro atoms. The van der Waals surface area contributed by atoms with Gasteiger partial charge in [0.25, 0.3) is 0 Å². The van der Waals surface area contributed by atoms with Crippen molar-refractivity contribution in [1.82, 2.24) is 0 Å². The van der Waals surface area contributed by atoms with Crippen LogP contribution < -0.4 is 0 Å². The third-order valence-electron chi connectivity index (χ3n) is 27.7. The zero-order valence-corrected chi connectivity index (χ0v) is 66.5. The lowest BCUT2D eigenvalue weighted by molar-refractivity contribution is 0.266. The summed E-state index contributed by atoms with van der Waals surface area (Å²) in [5.74, 6) is 1.26. The molecular formula is C105H122. The van der Waals surface area contributed by atoms with E-state index >= 15 is 0 Å². The van der Waals surface area contributed by atoms with Crippen molar-refractivity contribution in [3.63, 3.8) is 0 Å². The summed E-state index contributed by atoms with van der Waals surface area (Å²) in [6.07, 6.45) is 31.0. The number of benzene rings is 10. The van der Waals surface area contributed by atoms with Gasteiger partial charge in [0, 0.05) is 27.1 Å². The van der Waals surface area contributed by atoms with Gasteiger partial charge in [-0.05, 0) is 280 Å². The first-order valence-electron chi connectivity index (χ1n) is 42.8. The maximum absolute atomic E-state index is 2.76. The largest absolute Gasteiger partial charge is 0.0654 e. The minimum Gasteiger partial charge on any atom is -0.0654 e. The van der Waals surface area contributed by atoms with Crippen LogP contribution in [0.5, 0.6) is 0 Å². The van der Waals surface area contributed by atoms with Gasteiger partial charge in [-0.25, -0.2) is 0 Å². The third kappa shape index (κ3) is 11.9. The van der Waals surface area contributed by atoms with Gasteiger partial charge in [0.2, 0.25) is 0 Å². The van der Waals surface area contributed by atoms with E-state index < -0.39 is 0 Å². The molecule has 0 heterocycles. The van der Waals surface area contributed by atoms with Crippen LogP contribution in [0.2, 0.25) is 0 Å². The van der Waals surface area contributed by atoms with Crippen LogP contribution in [-0.2, 0) is 27.1 Å². The summed E-state index contributed by atoms with van der Waals surface area (Å²) in [5.41, 5.74) is 40.8. The SMILES string of the molecule is CCCCC(CC)CC1(CC(CC)CCCC)c2cc(-c3ccc4c(c3)C(CCC)(CCC)c3cc(-c5ccc6c(c5)C(CCC)(CCC)c5ccccc5-6)ccc3-4)ccc2-c2ccc(-c3ccc4c(c3)C(CCC)(CCC)c3cc(-c5ccc6c(c5)C(CCC)(CCC)c5ccccc5-6)ccc3-4)cc21. The molecule has 542 valence electrons. The van der Waals surface area contributed by atoms with Crippen LogP contribution in [0.25, 0.3) is 100 Å². The van der Waals surface area contributed by atoms with E-state index in [2.05, 4.69) is 277 Å². The van der Waals surface area contributed by atoms with Gasteiger partial charge in [0.15, 0.2) is 0 Å². The molecule has 0 fully saturated rings. The first kappa shape index (κ1) is 72.7. The second kappa shape index (κ2) is 30.1. The Morgan fingerprint density at radius 3 is 0.590 bits per heavy atom. The van der Waals surface area contributed by atoms with E-state index in [4.69, 9.17) is 0 Å². The minimum absolute atomic E-state index is 0.0570. The minimum atomic E-state index is -0.130. The van der Waals surface area contributed by atoms with E-state index in [0.717, 1.165) is 51.4 Å². The van der Waals surface area contributed by atoms with Gasteiger partial charge in [0.05, 0.1) is 0 Å². The van der Waals surface area contributed by atoms with Crippen molar-refractivity contribution in [3.8, 4) is 100 Å². The van der Waals surface area contributed by atoms with Crippen molar-refractivity contribution < 1.29 is 0 Å². The molecule has 0 aliphatic heterocycles. The van der Waals surface area contributed by atoms with Crippen LogP contribution >= 0.6 is 0 Å². The zero-order valence-electron chi connectivity index (χ0n) is 66.5. The molecule has 0 aromatic heterocycles. The highest BCUT2D eigenvalue weighted by Crippen LogP contribution is 2.63. The Morgan fingerprint density at radius 1 is 0.200 bits per heavy atom. The quantitative estimate of drug-likeness (QED) is 0.0394. The van der Waals surface area contributed by atoms with Gasteiger partial charge in [-0.15, -0.1) is 0 Å². The molecule has 5 aliphatic carbocycles. The molecule has 0 saturated carbocycles. The molecule has 2 unspecified atom stereocenters. The molecule has 2 atom stereocenters. The van der Waals surface area contributed by atoms with Crippen molar-refractivity contribution in [2.75, 3.05) is 0 Å². The lowest BCUT2D eigenvalue weighted by Crippen LogP contribution is -2.31. The standard InChI is InChI=1S/C105H122/c1-13-25-31-71(23-11)69-105(70-72(24-12)32-26-14-2)99-67-79(77-41-49-87-85-47-39-75(63-95(85)103(57-19-7,58-20-8)97(87)65-77)73-37-45-83-81-33-27-29-35-91(81)101(53-15-3,54-16-4)93(83)61-73)43-51-89(99)90-52-44-80(68-100(90)105)78-42-50-88-86-48-40-76(64-96(86)104(59-21-9,60-22-10)98(88)66-78)74-38-46-84-82-34-28-30-36-92(82)102(55-17-5,56-18-6)94(84)62-74/h27-30,33-52,61-68,71-72H,13-26,31-32,53-60,69-70H2,1-12H3. The third-order valence-corrected chi connectivity index (χ3v) is 27.7. The van der Waals surface area contributed by atoms with Gasteiger partial charge in [-0.1, -0.05) is 331 Å². The van der Waals surface area contributed by atoms with Gasteiger partial charge in [-0.2, -0.15) is 0 Å². The normalized spacial score (nSPS) is 16.2. The van der Waals surface area contributed by atoms with E-state index in [1.54, 1.807) is 55.6 Å². The average Bonchev–Trinajstić information content (AvgIpc) is 1.58. The molecular weight excluding hydrogens is 1260 g/mol. The fourth-order valence-corrected chi connectivity index (χ4v) is 23.3. The molecule has 0 N–H and O–H groups in total. The molecule has 0 bridgehead atoms. The molecule has 105 heavy (non-hydrogen) atoms. The summed E-state index contributed by atoms with van der Waals surface area (Å²) in [5, 5.41) is 0. The number of unbranched alkanes of at least 4 members (excludes halogenated alkanes) is 2. The van der Waals surface area contributed by atoms with E-state index in [-0.39, 0.29) is 27.1 Å². The maximum Gasteiger partial charge on any atom is 0.0220 e. The van der Waals surface area contributed by atoms with Gasteiger partial charge in [0.1, 0.15) is 0 Å². The second-order valence-electron chi connectivity index (χ2n) is 33.8. The zero-order chi connectivity index (χ0) is 72.8. The highest BCUT2D eigenvalue weighted by Gasteiger charge is 2.49. The molecule has 0 radical (unpaired) electrons. The Hall–Kier alpha value is -7.80. The van der Waals surface area contributed by atoms with Gasteiger partial charge < -0.3 is 0 Å². The van der Waals surface area contributed by atoms with Crippen LogP contribution in [0.1, 0.15) is 306 Å². The number of fused-ring (bicyclic) bond motifs is 15. The van der Waals surface area contributed by atoms with Crippen LogP contribution in [-0.4, -0.2) is 0 Å². The number of hydrogen-bond acceptors (Lipinski definition) is 0. The first-order chi connectivity index (χ1) is 51.4. The Labute approximate surface area is 634 Å². The number of hydrogen-bond donors (Lipinski definition) is 0. The summed E-state index contributed by atoms with van der Waals surface area (Å²) >= 11 is 0. The summed E-state index contributed by atoms with van der Waals surface area (Å²) in [4.78, 5) is 0. The highest BCUT2D eigenvalue weighted by molar-refractivity contribution is 5.93. The van der Waals surface area contributed by atoms with E-state index in [9.17, 15) is 0 Å². The molecule has 0 saturated heterocycles. The summed E-state index contributed by atoms with van der Waals surface area (Å²) in [6.45, 7) is 29.1. The topological polar surface area (TPSA) is 0 Å². The second-order valence-corrected chi connectivity index (χ2v) is 33.8. The Balaban J connectivity index is 0.827. The summed E-state index contributed by atoms with van der Waals surface area (Å²) in [6, 6.07) is 80.4. The lowest BCUT2D eigenvalue weighted by Gasteiger charge is -2.39. The molecule has 0 amide bonds. The van der Waals surface area contributed by atoms with Gasteiger partial charge in [-0.3, -0.25) is 0 Å². The van der Waals surface area contributed by atoms with Crippen molar-refractivity contribution >= 4 is 0 Å². The molecule has 0 heteroatoms. The summed E-state index contributed by atoms with van der Waals surface area (Å²) < 4.78 is 0. The molecule has 10 aromatic carbocycles. The van der Waals surface area contributed by atoms with Crippen molar-refractivity contribution in [2.45, 2.75) is 277 Å². The number of rotatable bonds is 32. The van der Waals surface area contributed by atoms with E-state index in [1.165, 1.54) is 216 Å². The fraction of sp³-hybridized carbons (Fsp3) is 0.429. The predicted molar refractivity (Wildman–Crippen MR) is 454 cm³/mol. The maximum atomic E-state index is 2.76. The Bertz CT molecular complexity index is 4490. The van der Waals surface area contributed by atoms with E-state index in [1.807, 2.05) is 0 Å². The smallest absolute Gasteiger partial charge is 0.0220 e. The molecule has 5 aliphatic rings. The van der Waals surface area contributed by atoms with Crippen molar-refractivity contribution in [3.05, 3.63) is 250 Å². The monoisotopic (exact) mass is 1380 g/mol. The molecule has 15 rings (SSSR count). The summed E-state index contributed by atoms with van der Waals surface area (Å²) in [7, 11) is 0. The average molecular weight is 1380 g/mol. The van der Waals surface area contributed by atoms with E-state index in [0.29, 0.717) is 11.8 Å². The van der Waals surface area contributed by atoms with Crippen LogP contribution in [0, 0.1) is 11.8 Å². The predicted octanol–water partition coefficient (Wildman–Crippen LogP) is 31.3. The van der Waals surface area contributed by atoms with Crippen molar-refractivity contribution in [1.29, 1.82) is 0 Å². The van der Waals surface area contributed by atoms with Crippen LogP contribution in [0.4, 0.5) is 0 Å². The Kier molecular flexibility index (Phi) is 20.9. The molecule has 10 aromatic rings. The van der Waals surface area contributed by atoms with Crippen molar-refractivity contribution in [2.24, 2.45) is 11.8 Å². The van der Waals surface area contributed by atoms with Crippen LogP contribution in [0.3, 0.4) is 0 Å². The fourth-order valence-electron chi connectivity index (χ4n) is 23.3. The molecule has 0 nitrogen and oxygen atoms in total. The van der Waals surface area contributed by atoms with Crippen LogP contribution in [0.15, 0.2) is 194 Å². The Morgan fingerprint density at radius 2 is 0.390 bits per heavy atom.